The minimum atomic E-state index is -0.0535. The van der Waals surface area contributed by atoms with E-state index in [0.717, 1.165) is 22.6 Å². The molecule has 5 heteroatoms. The van der Waals surface area contributed by atoms with Gasteiger partial charge in [-0.05, 0) is 35.7 Å². The molecule has 0 spiro atoms. The van der Waals surface area contributed by atoms with E-state index in [1.165, 1.54) is 17.3 Å². The van der Waals surface area contributed by atoms with Crippen molar-refractivity contribution in [2.75, 3.05) is 18.1 Å². The van der Waals surface area contributed by atoms with Gasteiger partial charge in [-0.25, -0.2) is 0 Å². The Labute approximate surface area is 146 Å². The highest BCUT2D eigenvalue weighted by molar-refractivity contribution is 8.00. The molecule has 0 radical (unpaired) electrons. The summed E-state index contributed by atoms with van der Waals surface area (Å²) >= 11 is 1.49. The Morgan fingerprint density at radius 1 is 1.17 bits per heavy atom. The van der Waals surface area contributed by atoms with E-state index in [0.29, 0.717) is 17.9 Å². The predicted octanol–water partition coefficient (Wildman–Crippen LogP) is 3.57. The number of hydrogen-bond acceptors (Lipinski definition) is 3. The standard InChI is InChI=1S/C19H20N2O2S/c1-3-13-4-6-14(7-5-13)11-21(2)19(23)15-8-9-17-16(10-15)20-18(22)12-24-17/h4-10H,3,11-12H2,1-2H3,(H,20,22). The third kappa shape index (κ3) is 3.62. The topological polar surface area (TPSA) is 49.4 Å². The first-order valence-electron chi connectivity index (χ1n) is 7.97. The van der Waals surface area contributed by atoms with Gasteiger partial charge in [0.2, 0.25) is 5.91 Å². The smallest absolute Gasteiger partial charge is 0.253 e. The molecular weight excluding hydrogens is 320 g/mol. The normalized spacial score (nSPS) is 13.2. The van der Waals surface area contributed by atoms with Crippen LogP contribution in [0.5, 0.6) is 0 Å². The molecule has 4 nitrogen and oxygen atoms in total. The van der Waals surface area contributed by atoms with Crippen molar-refractivity contribution in [2.24, 2.45) is 0 Å². The molecular formula is C19H20N2O2S. The number of carbonyl (C=O) groups excluding carboxylic acids is 2. The molecule has 3 rings (SSSR count). The van der Waals surface area contributed by atoms with Gasteiger partial charge in [-0.3, -0.25) is 9.59 Å². The maximum Gasteiger partial charge on any atom is 0.253 e. The van der Waals surface area contributed by atoms with Crippen LogP contribution in [0.2, 0.25) is 0 Å². The number of carbonyl (C=O) groups is 2. The second-order valence-electron chi connectivity index (χ2n) is 5.88. The fourth-order valence-corrected chi connectivity index (χ4v) is 3.45. The lowest BCUT2D eigenvalue weighted by molar-refractivity contribution is -0.113. The van der Waals surface area contributed by atoms with E-state index < -0.39 is 0 Å². The van der Waals surface area contributed by atoms with E-state index in [1.807, 2.05) is 12.1 Å². The van der Waals surface area contributed by atoms with E-state index in [2.05, 4.69) is 36.5 Å². The summed E-state index contributed by atoms with van der Waals surface area (Å²) in [5, 5.41) is 2.83. The minimum Gasteiger partial charge on any atom is -0.337 e. The van der Waals surface area contributed by atoms with Gasteiger partial charge in [0.25, 0.3) is 5.91 Å². The van der Waals surface area contributed by atoms with Crippen molar-refractivity contribution in [1.29, 1.82) is 0 Å². The van der Waals surface area contributed by atoms with Crippen LogP contribution in [0.1, 0.15) is 28.4 Å². The van der Waals surface area contributed by atoms with Gasteiger partial charge in [0.15, 0.2) is 0 Å². The molecule has 2 aromatic carbocycles. The molecule has 0 aliphatic carbocycles. The Bertz CT molecular complexity index is 771. The molecule has 24 heavy (non-hydrogen) atoms. The summed E-state index contributed by atoms with van der Waals surface area (Å²) in [6.07, 6.45) is 1.01. The molecule has 2 amide bonds. The Morgan fingerprint density at radius 2 is 1.88 bits per heavy atom. The second kappa shape index (κ2) is 7.09. The summed E-state index contributed by atoms with van der Waals surface area (Å²) in [7, 11) is 1.79. The zero-order valence-corrected chi connectivity index (χ0v) is 14.7. The van der Waals surface area contributed by atoms with Crippen LogP contribution in [0.25, 0.3) is 0 Å². The molecule has 0 aromatic heterocycles. The molecule has 0 unspecified atom stereocenters. The Kier molecular flexibility index (Phi) is 4.90. The van der Waals surface area contributed by atoms with Crippen molar-refractivity contribution in [1.82, 2.24) is 4.90 Å². The monoisotopic (exact) mass is 340 g/mol. The van der Waals surface area contributed by atoms with Crippen LogP contribution in [0.15, 0.2) is 47.4 Å². The summed E-state index contributed by atoms with van der Waals surface area (Å²) in [6, 6.07) is 13.8. The average molecular weight is 340 g/mol. The molecule has 0 fully saturated rings. The molecule has 1 aliphatic rings. The zero-order valence-electron chi connectivity index (χ0n) is 13.8. The molecule has 0 atom stereocenters. The maximum atomic E-state index is 12.6. The number of thioether (sulfide) groups is 1. The van der Waals surface area contributed by atoms with Crippen LogP contribution < -0.4 is 5.32 Å². The summed E-state index contributed by atoms with van der Waals surface area (Å²) < 4.78 is 0. The van der Waals surface area contributed by atoms with Gasteiger partial charge in [0, 0.05) is 24.1 Å². The van der Waals surface area contributed by atoms with Crippen molar-refractivity contribution in [3.8, 4) is 0 Å². The highest BCUT2D eigenvalue weighted by Crippen LogP contribution is 2.32. The summed E-state index contributed by atoms with van der Waals surface area (Å²) in [4.78, 5) is 26.9. The number of rotatable bonds is 4. The Morgan fingerprint density at radius 3 is 2.58 bits per heavy atom. The van der Waals surface area contributed by atoms with Crippen LogP contribution in [-0.4, -0.2) is 29.5 Å². The Balaban J connectivity index is 1.73. The van der Waals surface area contributed by atoms with Crippen molar-refractivity contribution in [3.05, 3.63) is 59.2 Å². The quantitative estimate of drug-likeness (QED) is 0.926. The van der Waals surface area contributed by atoms with Crippen molar-refractivity contribution < 1.29 is 9.59 Å². The molecule has 0 bridgehead atoms. The zero-order chi connectivity index (χ0) is 17.1. The first-order chi connectivity index (χ1) is 11.6. The van der Waals surface area contributed by atoms with Crippen LogP contribution in [-0.2, 0) is 17.8 Å². The van der Waals surface area contributed by atoms with E-state index in [1.54, 1.807) is 18.0 Å². The van der Waals surface area contributed by atoms with Gasteiger partial charge < -0.3 is 10.2 Å². The number of fused-ring (bicyclic) bond motifs is 1. The lowest BCUT2D eigenvalue weighted by Gasteiger charge is -2.20. The first-order valence-corrected chi connectivity index (χ1v) is 8.95. The van der Waals surface area contributed by atoms with E-state index >= 15 is 0 Å². The van der Waals surface area contributed by atoms with Crippen LogP contribution >= 0.6 is 11.8 Å². The highest BCUT2D eigenvalue weighted by Gasteiger charge is 2.19. The number of anilines is 1. The number of nitrogens with one attached hydrogen (secondary N) is 1. The summed E-state index contributed by atoms with van der Waals surface area (Å²) in [6.45, 7) is 2.68. The molecule has 0 saturated carbocycles. The van der Waals surface area contributed by atoms with E-state index in [-0.39, 0.29) is 11.8 Å². The molecule has 2 aromatic rings. The van der Waals surface area contributed by atoms with Gasteiger partial charge in [-0.2, -0.15) is 0 Å². The van der Waals surface area contributed by atoms with Gasteiger partial charge in [-0.1, -0.05) is 31.2 Å². The average Bonchev–Trinajstić information content (AvgIpc) is 2.61. The van der Waals surface area contributed by atoms with Gasteiger partial charge in [-0.15, -0.1) is 11.8 Å². The van der Waals surface area contributed by atoms with Gasteiger partial charge in [0.05, 0.1) is 11.4 Å². The number of nitrogens with zero attached hydrogens (tertiary/aromatic N) is 1. The largest absolute Gasteiger partial charge is 0.337 e. The third-order valence-electron chi connectivity index (χ3n) is 4.06. The molecule has 124 valence electrons. The lowest BCUT2D eigenvalue weighted by Crippen LogP contribution is -2.26. The number of amides is 2. The Hall–Kier alpha value is -2.27. The van der Waals surface area contributed by atoms with Crippen LogP contribution in [0.3, 0.4) is 0 Å². The maximum absolute atomic E-state index is 12.6. The number of benzene rings is 2. The second-order valence-corrected chi connectivity index (χ2v) is 6.90. The molecule has 1 heterocycles. The SMILES string of the molecule is CCc1ccc(CN(C)C(=O)c2ccc3c(c2)NC(=O)CS3)cc1. The van der Waals surface area contributed by atoms with Crippen LogP contribution in [0, 0.1) is 0 Å². The van der Waals surface area contributed by atoms with E-state index in [4.69, 9.17) is 0 Å². The predicted molar refractivity (Wildman–Crippen MR) is 97.4 cm³/mol. The lowest BCUT2D eigenvalue weighted by atomic mass is 10.1. The minimum absolute atomic E-state index is 0.0264. The molecule has 0 saturated heterocycles. The molecule has 1 N–H and O–H groups in total. The molecule has 1 aliphatic heterocycles. The van der Waals surface area contributed by atoms with E-state index in [9.17, 15) is 9.59 Å². The highest BCUT2D eigenvalue weighted by atomic mass is 32.2. The summed E-state index contributed by atoms with van der Waals surface area (Å²) in [5.74, 6) is 0.345. The van der Waals surface area contributed by atoms with Crippen molar-refractivity contribution in [2.45, 2.75) is 24.8 Å². The van der Waals surface area contributed by atoms with Gasteiger partial charge in [0.1, 0.15) is 0 Å². The fraction of sp³-hybridized carbons (Fsp3) is 0.263. The van der Waals surface area contributed by atoms with Gasteiger partial charge >= 0.3 is 0 Å². The van der Waals surface area contributed by atoms with Crippen molar-refractivity contribution in [3.63, 3.8) is 0 Å². The first kappa shape index (κ1) is 16.6. The third-order valence-corrected chi connectivity index (χ3v) is 5.13. The summed E-state index contributed by atoms with van der Waals surface area (Å²) in [5.41, 5.74) is 3.70. The van der Waals surface area contributed by atoms with Crippen LogP contribution in [0.4, 0.5) is 5.69 Å². The fourth-order valence-electron chi connectivity index (χ4n) is 2.66. The number of hydrogen-bond donors (Lipinski definition) is 1. The number of aryl methyl sites for hydroxylation is 1. The van der Waals surface area contributed by atoms with Crippen molar-refractivity contribution >= 4 is 29.3 Å².